The number of nitrogen functional groups attached to an aromatic ring is 1. The van der Waals surface area contributed by atoms with E-state index in [1.165, 1.54) is 35.9 Å². The second kappa shape index (κ2) is 19.1. The van der Waals surface area contributed by atoms with Crippen LogP contribution >= 0.6 is 0 Å². The number of amides is 3. The molecule has 4 aromatic carbocycles. The van der Waals surface area contributed by atoms with Crippen molar-refractivity contribution in [3.05, 3.63) is 125 Å². The molecule has 2 heterocycles. The van der Waals surface area contributed by atoms with E-state index in [0.717, 1.165) is 48.5 Å². The second-order valence-corrected chi connectivity index (χ2v) is 11.1. The van der Waals surface area contributed by atoms with Crippen LogP contribution in [0.5, 0.6) is 0 Å². The first-order chi connectivity index (χ1) is 24.9. The largest absolute Gasteiger partial charge is 0.478 e. The third-order valence-corrected chi connectivity index (χ3v) is 7.54. The van der Waals surface area contributed by atoms with Crippen LogP contribution in [0.4, 0.5) is 11.6 Å². The van der Waals surface area contributed by atoms with Crippen molar-refractivity contribution in [2.75, 3.05) is 17.2 Å². The number of carbonyl (C=O) groups is 4. The molecule has 1 radical (unpaired) electrons. The van der Waals surface area contributed by atoms with E-state index in [0.29, 0.717) is 23.5 Å². The minimum atomic E-state index is -1.07. The average Bonchev–Trinajstić information content (AvgIpc) is 3.65. The van der Waals surface area contributed by atoms with Crippen molar-refractivity contribution in [3.8, 4) is 0 Å². The van der Waals surface area contributed by atoms with Gasteiger partial charge in [-0.25, -0.2) is 9.78 Å². The SMILES string of the molecule is CCCN1C(=NC(=O)c2cccc(C(N)=O)c2)Cc2ccccc21.CCCn1c(N)nc2ccccc21.NC(=O)c1cccc(C(=O)O)c1.[3H][B]O. The number of carboxylic acids is 1. The molecule has 14 heteroatoms. The van der Waals surface area contributed by atoms with Gasteiger partial charge in [-0.15, -0.1) is 0 Å². The van der Waals surface area contributed by atoms with Crippen LogP contribution < -0.4 is 22.1 Å². The summed E-state index contributed by atoms with van der Waals surface area (Å²) in [6.45, 7) is 5.97. The predicted molar refractivity (Wildman–Crippen MR) is 200 cm³/mol. The van der Waals surface area contributed by atoms with Gasteiger partial charge in [0.2, 0.25) is 17.8 Å². The molecule has 0 spiro atoms. The lowest BCUT2D eigenvalue weighted by molar-refractivity contribution is 0.0696. The lowest BCUT2D eigenvalue weighted by atomic mass is 10.1. The molecule has 6 rings (SSSR count). The lowest BCUT2D eigenvalue weighted by Crippen LogP contribution is -2.28. The summed E-state index contributed by atoms with van der Waals surface area (Å²) in [6.07, 6.45) is 2.67. The quantitative estimate of drug-likeness (QED) is 0.148. The zero-order chi connectivity index (χ0) is 38.2. The highest BCUT2D eigenvalue weighted by Crippen LogP contribution is 2.29. The number of amidine groups is 1. The topological polar surface area (TPSA) is 220 Å². The molecule has 1 aliphatic heterocycles. The number of aromatic nitrogens is 2. The summed E-state index contributed by atoms with van der Waals surface area (Å²) >= 11 is 0. The van der Waals surface area contributed by atoms with Crippen LogP contribution in [-0.4, -0.2) is 65.1 Å². The van der Waals surface area contributed by atoms with E-state index in [4.69, 9.17) is 28.7 Å². The average molecular weight is 693 g/mol. The van der Waals surface area contributed by atoms with Gasteiger partial charge in [0.1, 0.15) is 5.84 Å². The number of aliphatic imine (C=N–C) groups is 1. The zero-order valence-electron chi connectivity index (χ0n) is 29.4. The Morgan fingerprint density at radius 1 is 0.824 bits per heavy atom. The fourth-order valence-corrected chi connectivity index (χ4v) is 5.25. The molecule has 0 fully saturated rings. The Bertz CT molecular complexity index is 2020. The van der Waals surface area contributed by atoms with Crippen LogP contribution in [0, 0.1) is 0 Å². The highest BCUT2D eigenvalue weighted by molar-refractivity contribution is 6.12. The van der Waals surface area contributed by atoms with E-state index < -0.39 is 17.8 Å². The van der Waals surface area contributed by atoms with Crippen LogP contribution in [0.25, 0.3) is 11.0 Å². The normalized spacial score (nSPS) is 12.2. The molecule has 0 unspecified atom stereocenters. The van der Waals surface area contributed by atoms with Crippen molar-refractivity contribution in [1.29, 1.82) is 1.34 Å². The fraction of sp³-hybridized carbons (Fsp3) is 0.189. The Hall–Kier alpha value is -6.28. The van der Waals surface area contributed by atoms with E-state index in [1.807, 2.05) is 42.5 Å². The maximum Gasteiger partial charge on any atom is 0.335 e. The van der Waals surface area contributed by atoms with Crippen molar-refractivity contribution < 1.29 is 29.3 Å². The van der Waals surface area contributed by atoms with Crippen molar-refractivity contribution in [2.45, 2.75) is 39.7 Å². The fourth-order valence-electron chi connectivity index (χ4n) is 5.25. The Kier molecular flexibility index (Phi) is 14.0. The summed E-state index contributed by atoms with van der Waals surface area (Å²) in [6, 6.07) is 28.0. The van der Waals surface area contributed by atoms with Gasteiger partial charge in [0.15, 0.2) is 0 Å². The van der Waals surface area contributed by atoms with Gasteiger partial charge in [-0.3, -0.25) is 14.4 Å². The van der Waals surface area contributed by atoms with Gasteiger partial charge in [-0.1, -0.05) is 56.3 Å². The van der Waals surface area contributed by atoms with Crippen LogP contribution in [0.15, 0.2) is 102 Å². The number of imidazole rings is 1. The Labute approximate surface area is 298 Å². The van der Waals surface area contributed by atoms with Crippen molar-refractivity contribution >= 4 is 60.2 Å². The van der Waals surface area contributed by atoms with Crippen LogP contribution in [0.1, 0.15) is 73.7 Å². The highest BCUT2D eigenvalue weighted by Gasteiger charge is 2.25. The summed E-state index contributed by atoms with van der Waals surface area (Å²) in [5, 5.41) is 15.7. The van der Waals surface area contributed by atoms with Crippen molar-refractivity contribution in [3.63, 3.8) is 0 Å². The van der Waals surface area contributed by atoms with Crippen LogP contribution in [0.2, 0.25) is 0 Å². The molecule has 13 nitrogen and oxygen atoms in total. The molecule has 3 amide bonds. The summed E-state index contributed by atoms with van der Waals surface area (Å²) in [7, 11) is 0.250. The smallest absolute Gasteiger partial charge is 0.335 e. The summed E-state index contributed by atoms with van der Waals surface area (Å²) < 4.78 is 7.69. The molecule has 1 aliphatic rings. The number of nitrogens with two attached hydrogens (primary N) is 3. The highest BCUT2D eigenvalue weighted by atomic mass is 16.4. The molecular weight excluding hydrogens is 649 g/mol. The van der Waals surface area contributed by atoms with Gasteiger partial charge < -0.3 is 36.8 Å². The number of primary amides is 2. The van der Waals surface area contributed by atoms with E-state index in [1.54, 1.807) is 18.2 Å². The number of aryl methyl sites for hydroxylation is 1. The third kappa shape index (κ3) is 10.4. The molecule has 5 aromatic rings. The minimum absolute atomic E-state index is 0.0614. The number of anilines is 2. The number of aromatic carboxylic acids is 1. The predicted octanol–water partition coefficient (Wildman–Crippen LogP) is 4.10. The molecular formula is C37H41BN7O6. The van der Waals surface area contributed by atoms with Gasteiger partial charge in [0.05, 0.1) is 16.6 Å². The molecule has 0 saturated carbocycles. The van der Waals surface area contributed by atoms with Gasteiger partial charge in [-0.05, 0) is 73.0 Å². The number of rotatable bonds is 8. The minimum Gasteiger partial charge on any atom is -0.478 e. The molecule has 0 bridgehead atoms. The summed E-state index contributed by atoms with van der Waals surface area (Å²) in [5.41, 5.74) is 21.3. The molecule has 51 heavy (non-hydrogen) atoms. The second-order valence-electron chi connectivity index (χ2n) is 11.1. The van der Waals surface area contributed by atoms with E-state index in [2.05, 4.69) is 39.4 Å². The molecule has 0 saturated heterocycles. The van der Waals surface area contributed by atoms with E-state index >= 15 is 0 Å². The van der Waals surface area contributed by atoms with Crippen molar-refractivity contribution in [2.24, 2.45) is 16.5 Å². The third-order valence-electron chi connectivity index (χ3n) is 7.54. The Balaban J connectivity index is 0.000000220. The van der Waals surface area contributed by atoms with Crippen molar-refractivity contribution in [1.82, 2.24) is 9.55 Å². The number of para-hydroxylation sites is 3. The number of carbonyl (C=O) groups excluding carboxylic acids is 3. The lowest BCUT2D eigenvalue weighted by Gasteiger charge is -2.19. The van der Waals surface area contributed by atoms with E-state index in [9.17, 15) is 19.2 Å². The van der Waals surface area contributed by atoms with E-state index in [-0.39, 0.29) is 25.0 Å². The number of hydrogen-bond donors (Lipinski definition) is 5. The van der Waals surface area contributed by atoms with Crippen LogP contribution in [-0.2, 0) is 13.0 Å². The number of fused-ring (bicyclic) bond motifs is 2. The van der Waals surface area contributed by atoms with Gasteiger partial charge in [0, 0.05) is 43.2 Å². The zero-order valence-corrected chi connectivity index (χ0v) is 28.4. The standard InChI is InChI=1S/C19H19N3O2.C10H13N3.C8H7NO3.BH2O/c1-2-10-22-16-9-4-3-6-13(16)12-17(22)21-19(24)15-8-5-7-14(11-15)18(20)23;1-2-7-13-9-6-4-3-5-8(9)12-10(13)11;9-7(10)5-2-1-3-6(4-5)8(11)12;1-2/h3-9,11H,2,10,12H2,1H3,(H2,20,23);3-6H,2,7H2,1H3,(H2,11,12);1-4H,(H2,9,10)(H,11,12);1-2H/i;;;1T. The molecule has 263 valence electrons. The molecule has 0 atom stereocenters. The first-order valence-electron chi connectivity index (χ1n) is 16.6. The maximum atomic E-state index is 12.5. The Morgan fingerprint density at radius 3 is 1.98 bits per heavy atom. The first-order valence-corrected chi connectivity index (χ1v) is 16.0. The van der Waals surface area contributed by atoms with Gasteiger partial charge in [0.25, 0.3) is 13.9 Å². The Morgan fingerprint density at radius 2 is 1.37 bits per heavy atom. The monoisotopic (exact) mass is 692 g/mol. The first kappa shape index (κ1) is 37.5. The molecule has 1 aromatic heterocycles. The van der Waals surface area contributed by atoms with Crippen LogP contribution in [0.3, 0.4) is 0 Å². The number of benzene rings is 4. The number of hydrogen-bond acceptors (Lipinski definition) is 7. The maximum absolute atomic E-state index is 12.5. The van der Waals surface area contributed by atoms with Gasteiger partial charge in [-0.2, -0.15) is 4.99 Å². The summed E-state index contributed by atoms with van der Waals surface area (Å²) in [4.78, 5) is 55.5. The summed E-state index contributed by atoms with van der Waals surface area (Å²) in [5.74, 6) is -1.26. The van der Waals surface area contributed by atoms with Gasteiger partial charge >= 0.3 is 5.97 Å². The number of nitrogens with zero attached hydrogens (tertiary/aromatic N) is 4. The number of carboxylic acid groups (broad SMARTS) is 1. The molecule has 8 N–H and O–H groups in total. The molecule has 0 aliphatic carbocycles.